The highest BCUT2D eigenvalue weighted by molar-refractivity contribution is 7.99. The van der Waals surface area contributed by atoms with Crippen LogP contribution in [0.4, 0.5) is 0 Å². The number of aliphatic hydroxyl groups is 1. The summed E-state index contributed by atoms with van der Waals surface area (Å²) in [7, 11) is 0. The van der Waals surface area contributed by atoms with Crippen LogP contribution in [-0.2, 0) is 101 Å². The highest BCUT2D eigenvalue weighted by Crippen LogP contribution is 2.24. The van der Waals surface area contributed by atoms with E-state index in [0.717, 1.165) is 36.4 Å². The standard InChI is InChI=1S/C78H107N19O19S/c1-42(98)67-76(115)93-59(36-49-39-85-53-16-8-7-15-52(49)53)73(112)91-55(24-26-62(80)102)70(109)94-61(41-117-32-28-57(87-44(3)100)71(110)90-56(72(111)96-67)25-27-63(81)103)74(113)88-50(34-45-19-22-51(101)23-20-45)37-66(106)89-58(35-46-18-21-47-13-5-6-14-48(47)33-46)75(114)97-78(4,29-10-11-30-79)77(116)95-54(17-9-12-31-84-43(2)99)69(108)92-60(38-64(82)104)68(107)86-40-65(83)105/h5-8,13-16,18-23,33,39,42,50,54-61,67,85,98,101H,9-12,17,24-32,34-38,40-41,79H2,1-4H3,(H2,80,102)(H2,81,103)(H2,82,104)(H2,83,105)(H,84,99)(H,86,107)(H,87,100)(H,88,113)(H,89,106)(H,90,110)(H,91,112)(H,92,108)(H,93,115)(H,94,109)(H,95,116)(H,96,111)(H,97,114)/t42-,50+,54+,55+,56+,57+,58+,59+,60+,61+,67+,78+/m1/s1. The number of hydrogen-bond donors (Lipinski definition) is 21. The van der Waals surface area contributed by atoms with Crippen molar-refractivity contribution < 1.29 is 91.7 Å². The molecule has 1 fully saturated rings. The van der Waals surface area contributed by atoms with Crippen LogP contribution in [0.2, 0.25) is 0 Å². The number of aromatic hydroxyl groups is 1. The van der Waals surface area contributed by atoms with Gasteiger partial charge in [-0.15, -0.1) is 0 Å². The lowest BCUT2D eigenvalue weighted by atomic mass is 9.91. The minimum atomic E-state index is -1.95. The van der Waals surface area contributed by atoms with E-state index in [0.29, 0.717) is 34.0 Å². The summed E-state index contributed by atoms with van der Waals surface area (Å²) in [6.45, 7) is 4.56. The van der Waals surface area contributed by atoms with Gasteiger partial charge in [0.05, 0.1) is 19.1 Å². The van der Waals surface area contributed by atoms with Gasteiger partial charge in [-0.05, 0) is 136 Å². The van der Waals surface area contributed by atoms with Crippen molar-refractivity contribution in [3.05, 3.63) is 114 Å². The van der Waals surface area contributed by atoms with Gasteiger partial charge in [-0.1, -0.05) is 72.8 Å². The lowest BCUT2D eigenvalue weighted by Gasteiger charge is -2.33. The van der Waals surface area contributed by atoms with Crippen molar-refractivity contribution in [1.29, 1.82) is 0 Å². The number of H-pyrrole nitrogens is 1. The minimum absolute atomic E-state index is 0.109. The quantitative estimate of drug-likeness (QED) is 0.0168. The molecule has 634 valence electrons. The van der Waals surface area contributed by atoms with E-state index in [-0.39, 0.29) is 94.0 Å². The number of rotatable bonds is 39. The third-order valence-corrected chi connectivity index (χ3v) is 20.2. The maximum absolute atomic E-state index is 15.4. The Bertz CT molecular complexity index is 4390. The number of benzene rings is 4. The van der Waals surface area contributed by atoms with E-state index in [2.05, 4.69) is 74.1 Å². The Morgan fingerprint density at radius 1 is 0.598 bits per heavy atom. The van der Waals surface area contributed by atoms with E-state index in [4.69, 9.17) is 28.7 Å². The van der Waals surface area contributed by atoms with Crippen molar-refractivity contribution in [3.8, 4) is 5.75 Å². The second kappa shape index (κ2) is 46.3. The molecule has 0 saturated carbocycles. The molecule has 1 aliphatic heterocycles. The zero-order chi connectivity index (χ0) is 86.1. The van der Waals surface area contributed by atoms with E-state index in [1.165, 1.54) is 38.1 Å². The summed E-state index contributed by atoms with van der Waals surface area (Å²) < 4.78 is 0. The normalized spacial score (nSPS) is 18.9. The van der Waals surface area contributed by atoms with Crippen molar-refractivity contribution in [2.45, 2.75) is 202 Å². The first-order chi connectivity index (χ1) is 55.5. The molecule has 117 heavy (non-hydrogen) atoms. The van der Waals surface area contributed by atoms with Gasteiger partial charge in [0.2, 0.25) is 100 Å². The number of para-hydroxylation sites is 1. The van der Waals surface area contributed by atoms with Crippen LogP contribution in [0.15, 0.2) is 97.2 Å². The fourth-order valence-electron chi connectivity index (χ4n) is 12.9. The number of carbonyl (C=O) groups is 17. The smallest absolute Gasteiger partial charge is 0.246 e. The molecular weight excluding hydrogens is 1540 g/mol. The summed E-state index contributed by atoms with van der Waals surface area (Å²) >= 11 is 0.958. The molecule has 4 aromatic carbocycles. The second-order valence-electron chi connectivity index (χ2n) is 28.9. The van der Waals surface area contributed by atoms with E-state index < -0.39 is 212 Å². The van der Waals surface area contributed by atoms with E-state index in [9.17, 15) is 67.7 Å². The Hall–Kier alpha value is -12.3. The van der Waals surface area contributed by atoms with Gasteiger partial charge in [0, 0.05) is 81.4 Å². The van der Waals surface area contributed by atoms with Gasteiger partial charge in [0.25, 0.3) is 0 Å². The number of fused-ring (bicyclic) bond motifs is 2. The number of unbranched alkanes of at least 4 members (excludes halogenated alkanes) is 2. The molecule has 6 rings (SSSR count). The molecule has 0 unspecified atom stereocenters. The first kappa shape index (κ1) is 93.6. The van der Waals surface area contributed by atoms with Crippen LogP contribution in [0.5, 0.6) is 5.75 Å². The summed E-state index contributed by atoms with van der Waals surface area (Å²) in [4.78, 5) is 238. The molecule has 0 bridgehead atoms. The monoisotopic (exact) mass is 1650 g/mol. The molecule has 1 aromatic heterocycles. The molecule has 39 heteroatoms. The Labute approximate surface area is 678 Å². The van der Waals surface area contributed by atoms with Crippen molar-refractivity contribution in [2.24, 2.45) is 28.7 Å². The number of carbonyl (C=O) groups excluding carboxylic acids is 17. The van der Waals surface area contributed by atoms with Crippen molar-refractivity contribution >= 4 is 134 Å². The fourth-order valence-corrected chi connectivity index (χ4v) is 13.9. The number of nitrogens with two attached hydrogens (primary N) is 5. The molecule has 1 aliphatic rings. The van der Waals surface area contributed by atoms with Gasteiger partial charge >= 0.3 is 0 Å². The van der Waals surface area contributed by atoms with Gasteiger partial charge in [0.1, 0.15) is 65.7 Å². The van der Waals surface area contributed by atoms with Crippen molar-refractivity contribution in [2.75, 3.05) is 31.1 Å². The first-order valence-corrected chi connectivity index (χ1v) is 39.4. The van der Waals surface area contributed by atoms with Crippen LogP contribution < -0.4 is 97.8 Å². The van der Waals surface area contributed by atoms with Crippen LogP contribution in [-0.4, -0.2) is 219 Å². The summed E-state index contributed by atoms with van der Waals surface area (Å²) in [6.07, 6.45) is -3.83. The van der Waals surface area contributed by atoms with E-state index >= 15 is 24.0 Å². The Balaban J connectivity index is 1.40. The molecule has 2 heterocycles. The molecule has 12 atom stereocenters. The summed E-state index contributed by atoms with van der Waals surface area (Å²) in [5.74, 6) is -16.6. The molecule has 38 nitrogen and oxygen atoms in total. The molecule has 0 radical (unpaired) electrons. The average Bonchev–Trinajstić information content (AvgIpc) is 1.69. The van der Waals surface area contributed by atoms with E-state index in [1.807, 2.05) is 18.2 Å². The summed E-state index contributed by atoms with van der Waals surface area (Å²) in [5, 5.41) is 57.2. The summed E-state index contributed by atoms with van der Waals surface area (Å²) in [6, 6.07) is 9.08. The molecule has 5 aromatic rings. The van der Waals surface area contributed by atoms with Crippen LogP contribution >= 0.6 is 11.8 Å². The molecule has 17 amide bonds. The van der Waals surface area contributed by atoms with Gasteiger partial charge in [-0.3, -0.25) is 81.5 Å². The molecule has 1 saturated heterocycles. The number of phenolic OH excluding ortho intramolecular Hbond substituents is 1. The van der Waals surface area contributed by atoms with Crippen LogP contribution in [0.25, 0.3) is 21.7 Å². The van der Waals surface area contributed by atoms with Crippen LogP contribution in [0.1, 0.15) is 128 Å². The number of amides is 17. The predicted octanol–water partition coefficient (Wildman–Crippen LogP) is -3.85. The number of aromatic nitrogens is 1. The number of aliphatic hydroxyl groups excluding tert-OH is 1. The van der Waals surface area contributed by atoms with Crippen LogP contribution in [0.3, 0.4) is 0 Å². The van der Waals surface area contributed by atoms with Crippen LogP contribution in [0, 0.1) is 0 Å². The van der Waals surface area contributed by atoms with Crippen molar-refractivity contribution in [1.82, 2.24) is 74.1 Å². The SMILES string of the molecule is CC(=O)NCCCC[C@H](NC(=O)[C@](C)(CCCCN)NC(=O)[C@H](Cc1ccc2ccccc2c1)NC(=O)C[C@H](Cc1ccc(O)cc1)NC(=O)[C@@H]1CSCC[C@H](NC(C)=O)C(=O)N[C@@H](CCC(N)=O)C(=O)N[C@@H]([C@@H](C)O)C(=O)N[C@@H](Cc2c[nH]c3ccccc23)C(=O)N[C@@H](CCC(N)=O)C(=O)N1)C(=O)N[C@@H](CC(N)=O)C(=O)NCC(N)=O. The lowest BCUT2D eigenvalue weighted by Crippen LogP contribution is -2.64. The Kier molecular flexibility index (Phi) is 37.1. The summed E-state index contributed by atoms with van der Waals surface area (Å²) in [5.41, 5.74) is 27.8. The number of nitrogens with one attached hydrogen (secondary N) is 14. The highest BCUT2D eigenvalue weighted by Gasteiger charge is 2.41. The maximum Gasteiger partial charge on any atom is 0.246 e. The minimum Gasteiger partial charge on any atom is -0.508 e. The topological polar surface area (TPSA) is 633 Å². The lowest BCUT2D eigenvalue weighted by molar-refractivity contribution is -0.138. The number of phenols is 1. The zero-order valence-corrected chi connectivity index (χ0v) is 66.4. The third kappa shape index (κ3) is 31.5. The number of aromatic amines is 1. The number of hydrogen-bond acceptors (Lipinski definition) is 21. The van der Waals surface area contributed by atoms with Gasteiger partial charge < -0.3 is 113 Å². The highest BCUT2D eigenvalue weighted by atomic mass is 32.2. The van der Waals surface area contributed by atoms with Gasteiger partial charge in [-0.25, -0.2) is 0 Å². The van der Waals surface area contributed by atoms with E-state index in [1.54, 1.807) is 54.7 Å². The number of primary amides is 4. The maximum atomic E-state index is 15.4. The number of thioether (sulfide) groups is 1. The largest absolute Gasteiger partial charge is 0.508 e. The Morgan fingerprint density at radius 2 is 1.23 bits per heavy atom. The first-order valence-electron chi connectivity index (χ1n) is 38.3. The van der Waals surface area contributed by atoms with Gasteiger partial charge in [-0.2, -0.15) is 11.8 Å². The Morgan fingerprint density at radius 3 is 1.87 bits per heavy atom. The molecule has 26 N–H and O–H groups in total. The molecule has 0 aliphatic carbocycles. The fraction of sp³-hybridized carbons (Fsp3) is 0.474. The zero-order valence-electron chi connectivity index (χ0n) is 65.6. The second-order valence-corrected chi connectivity index (χ2v) is 30.1. The molecular formula is C78H107N19O19S. The molecule has 0 spiro atoms. The predicted molar refractivity (Wildman–Crippen MR) is 430 cm³/mol. The third-order valence-electron chi connectivity index (χ3n) is 19.1. The average molecular weight is 1650 g/mol. The van der Waals surface area contributed by atoms with Gasteiger partial charge in [0.15, 0.2) is 0 Å². The van der Waals surface area contributed by atoms with Crippen molar-refractivity contribution in [3.63, 3.8) is 0 Å².